The van der Waals surface area contributed by atoms with Crippen LogP contribution in [0.1, 0.15) is 18.6 Å². The quantitative estimate of drug-likeness (QED) is 0.820. The zero-order chi connectivity index (χ0) is 12.8. The number of likely N-dealkylation sites (N-methyl/N-ethyl adjacent to an activating group) is 1. The van der Waals surface area contributed by atoms with Gasteiger partial charge in [0.1, 0.15) is 6.61 Å². The van der Waals surface area contributed by atoms with Crippen molar-refractivity contribution in [2.45, 2.75) is 13.0 Å². The lowest BCUT2D eigenvalue weighted by atomic mass is 10.1. The monoisotopic (exact) mass is 239 g/mol. The van der Waals surface area contributed by atoms with Crippen molar-refractivity contribution >= 4 is 0 Å². The fraction of sp³-hybridized carbons (Fsp3) is 0.538. The Morgan fingerprint density at radius 3 is 2.53 bits per heavy atom. The third-order valence-electron chi connectivity index (χ3n) is 2.47. The van der Waals surface area contributed by atoms with Gasteiger partial charge in [-0.15, -0.1) is 0 Å². The molecule has 0 radical (unpaired) electrons. The normalized spacial score (nSPS) is 12.6. The third-order valence-corrected chi connectivity index (χ3v) is 2.47. The summed E-state index contributed by atoms with van der Waals surface area (Å²) in [6.07, 6.45) is -0.500. The summed E-state index contributed by atoms with van der Waals surface area (Å²) in [5, 5.41) is 9.48. The van der Waals surface area contributed by atoms with E-state index in [1.54, 1.807) is 20.1 Å². The van der Waals surface area contributed by atoms with E-state index in [0.29, 0.717) is 18.1 Å². The van der Waals surface area contributed by atoms with Crippen LogP contribution in [-0.4, -0.2) is 44.4 Å². The van der Waals surface area contributed by atoms with Crippen LogP contribution >= 0.6 is 0 Å². The number of hydrogen-bond donors (Lipinski definition) is 1. The van der Waals surface area contributed by atoms with Gasteiger partial charge in [-0.3, -0.25) is 0 Å². The summed E-state index contributed by atoms with van der Waals surface area (Å²) < 4.78 is 10.9. The molecule has 0 heterocycles. The molecule has 0 saturated carbocycles. The fourth-order valence-electron chi connectivity index (χ4n) is 1.40. The number of ether oxygens (including phenoxy) is 2. The molecule has 0 spiro atoms. The number of hydrogen-bond acceptors (Lipinski definition) is 4. The molecule has 0 aliphatic carbocycles. The molecule has 0 aliphatic rings. The van der Waals surface area contributed by atoms with Crippen LogP contribution < -0.4 is 9.47 Å². The Bertz CT molecular complexity index is 351. The zero-order valence-electron chi connectivity index (χ0n) is 10.9. The van der Waals surface area contributed by atoms with E-state index in [4.69, 9.17) is 9.47 Å². The van der Waals surface area contributed by atoms with Crippen LogP contribution in [0.5, 0.6) is 11.5 Å². The minimum atomic E-state index is -0.500. The van der Waals surface area contributed by atoms with Crippen molar-refractivity contribution in [2.75, 3.05) is 34.4 Å². The van der Waals surface area contributed by atoms with Crippen molar-refractivity contribution in [3.05, 3.63) is 23.8 Å². The van der Waals surface area contributed by atoms with E-state index in [-0.39, 0.29) is 0 Å². The van der Waals surface area contributed by atoms with Gasteiger partial charge in [-0.1, -0.05) is 6.07 Å². The highest BCUT2D eigenvalue weighted by molar-refractivity contribution is 5.43. The van der Waals surface area contributed by atoms with Gasteiger partial charge in [-0.2, -0.15) is 0 Å². The van der Waals surface area contributed by atoms with E-state index in [2.05, 4.69) is 4.90 Å². The maximum absolute atomic E-state index is 9.48. The highest BCUT2D eigenvalue weighted by Gasteiger charge is 2.08. The average molecular weight is 239 g/mol. The molecule has 17 heavy (non-hydrogen) atoms. The smallest absolute Gasteiger partial charge is 0.161 e. The van der Waals surface area contributed by atoms with Crippen molar-refractivity contribution in [1.82, 2.24) is 4.90 Å². The SMILES string of the molecule is COc1cc(C(C)O)ccc1OCCN(C)C. The molecule has 1 N–H and O–H groups in total. The highest BCUT2D eigenvalue weighted by atomic mass is 16.5. The molecule has 1 atom stereocenters. The lowest BCUT2D eigenvalue weighted by Gasteiger charge is -2.15. The molecule has 4 nitrogen and oxygen atoms in total. The van der Waals surface area contributed by atoms with Crippen molar-refractivity contribution in [3.63, 3.8) is 0 Å². The first-order chi connectivity index (χ1) is 8.04. The van der Waals surface area contributed by atoms with Gasteiger partial charge in [0.05, 0.1) is 13.2 Å². The molecule has 1 aromatic carbocycles. The lowest BCUT2D eigenvalue weighted by molar-refractivity contribution is 0.198. The van der Waals surface area contributed by atoms with Gasteiger partial charge in [0.2, 0.25) is 0 Å². The molecule has 0 saturated heterocycles. The standard InChI is InChI=1S/C13H21NO3/c1-10(15)11-5-6-12(13(9-11)16-4)17-8-7-14(2)3/h5-6,9-10,15H,7-8H2,1-4H3. The van der Waals surface area contributed by atoms with Crippen molar-refractivity contribution < 1.29 is 14.6 Å². The van der Waals surface area contributed by atoms with E-state index < -0.39 is 6.10 Å². The number of aliphatic hydroxyl groups is 1. The first kappa shape index (κ1) is 13.8. The molecular formula is C13H21NO3. The molecule has 96 valence electrons. The second kappa shape index (κ2) is 6.47. The zero-order valence-corrected chi connectivity index (χ0v) is 10.9. The summed E-state index contributed by atoms with van der Waals surface area (Å²) >= 11 is 0. The maximum atomic E-state index is 9.48. The van der Waals surface area contributed by atoms with Crippen LogP contribution in [0.15, 0.2) is 18.2 Å². The number of aliphatic hydroxyl groups excluding tert-OH is 1. The molecule has 0 fully saturated rings. The average Bonchev–Trinajstić information content (AvgIpc) is 2.28. The van der Waals surface area contributed by atoms with E-state index >= 15 is 0 Å². The predicted octanol–water partition coefficient (Wildman–Crippen LogP) is 1.69. The maximum Gasteiger partial charge on any atom is 0.161 e. The Balaban J connectivity index is 2.71. The first-order valence-corrected chi connectivity index (χ1v) is 5.68. The molecule has 1 unspecified atom stereocenters. The highest BCUT2D eigenvalue weighted by Crippen LogP contribution is 2.30. The molecule has 4 heteroatoms. The summed E-state index contributed by atoms with van der Waals surface area (Å²) in [5.41, 5.74) is 0.821. The molecule has 0 amide bonds. The number of benzene rings is 1. The number of methoxy groups -OCH3 is 1. The van der Waals surface area contributed by atoms with E-state index in [1.807, 2.05) is 26.2 Å². The molecule has 0 aliphatic heterocycles. The summed E-state index contributed by atoms with van der Waals surface area (Å²) in [6, 6.07) is 5.48. The Morgan fingerprint density at radius 2 is 2.00 bits per heavy atom. The van der Waals surface area contributed by atoms with Gasteiger partial charge in [-0.05, 0) is 38.7 Å². The Hall–Kier alpha value is -1.26. The fourth-order valence-corrected chi connectivity index (χ4v) is 1.40. The second-order valence-electron chi connectivity index (χ2n) is 4.24. The summed E-state index contributed by atoms with van der Waals surface area (Å²) in [5.74, 6) is 1.36. The van der Waals surface area contributed by atoms with Gasteiger partial charge >= 0.3 is 0 Å². The summed E-state index contributed by atoms with van der Waals surface area (Å²) in [4.78, 5) is 2.05. The van der Waals surface area contributed by atoms with Crippen LogP contribution in [0.25, 0.3) is 0 Å². The van der Waals surface area contributed by atoms with Gasteiger partial charge < -0.3 is 19.5 Å². The summed E-state index contributed by atoms with van der Waals surface area (Å²) in [6.45, 7) is 3.18. The van der Waals surface area contributed by atoms with Crippen LogP contribution in [0.3, 0.4) is 0 Å². The lowest BCUT2D eigenvalue weighted by Crippen LogP contribution is -2.19. The molecular weight excluding hydrogens is 218 g/mol. The van der Waals surface area contributed by atoms with Crippen LogP contribution in [0.2, 0.25) is 0 Å². The topological polar surface area (TPSA) is 41.9 Å². The van der Waals surface area contributed by atoms with E-state index in [9.17, 15) is 5.11 Å². The molecule has 0 bridgehead atoms. The molecule has 1 rings (SSSR count). The third kappa shape index (κ3) is 4.24. The largest absolute Gasteiger partial charge is 0.493 e. The van der Waals surface area contributed by atoms with Crippen molar-refractivity contribution in [2.24, 2.45) is 0 Å². The predicted molar refractivity (Wildman–Crippen MR) is 67.7 cm³/mol. The van der Waals surface area contributed by atoms with Crippen LogP contribution in [-0.2, 0) is 0 Å². The summed E-state index contributed by atoms with van der Waals surface area (Å²) in [7, 11) is 5.59. The Kier molecular flexibility index (Phi) is 5.25. The molecule has 1 aromatic rings. The van der Waals surface area contributed by atoms with Crippen molar-refractivity contribution in [1.29, 1.82) is 0 Å². The second-order valence-corrected chi connectivity index (χ2v) is 4.24. The van der Waals surface area contributed by atoms with Gasteiger partial charge in [0, 0.05) is 6.54 Å². The van der Waals surface area contributed by atoms with Gasteiger partial charge in [0.25, 0.3) is 0 Å². The van der Waals surface area contributed by atoms with Gasteiger partial charge in [0.15, 0.2) is 11.5 Å². The minimum Gasteiger partial charge on any atom is -0.493 e. The van der Waals surface area contributed by atoms with Crippen LogP contribution in [0.4, 0.5) is 0 Å². The minimum absolute atomic E-state index is 0.500. The number of rotatable bonds is 6. The van der Waals surface area contributed by atoms with E-state index in [0.717, 1.165) is 12.1 Å². The number of nitrogens with zero attached hydrogens (tertiary/aromatic N) is 1. The first-order valence-electron chi connectivity index (χ1n) is 5.68. The van der Waals surface area contributed by atoms with Crippen molar-refractivity contribution in [3.8, 4) is 11.5 Å². The Labute approximate surface area is 103 Å². The van der Waals surface area contributed by atoms with E-state index in [1.165, 1.54) is 0 Å². The van der Waals surface area contributed by atoms with Crippen LogP contribution in [0, 0.1) is 0 Å². The molecule has 0 aromatic heterocycles. The van der Waals surface area contributed by atoms with Gasteiger partial charge in [-0.25, -0.2) is 0 Å². The Morgan fingerprint density at radius 1 is 1.29 bits per heavy atom.